The number of rotatable bonds is 4. The molecular weight excluding hydrogens is 322 g/mol. The van der Waals surface area contributed by atoms with Gasteiger partial charge in [0.1, 0.15) is 4.32 Å². The molecule has 1 amide bonds. The summed E-state index contributed by atoms with van der Waals surface area (Å²) in [6.07, 6.45) is 0.774. The number of benzene rings is 2. The minimum atomic E-state index is -0.0355. The Morgan fingerprint density at radius 1 is 1.13 bits per heavy atom. The zero-order chi connectivity index (χ0) is 16.4. The van der Waals surface area contributed by atoms with Gasteiger partial charge in [0.15, 0.2) is 0 Å². The molecule has 0 bridgehead atoms. The van der Waals surface area contributed by atoms with E-state index in [1.54, 1.807) is 4.90 Å². The number of thiocarbonyl (C=S) groups is 1. The van der Waals surface area contributed by atoms with Gasteiger partial charge < -0.3 is 0 Å². The molecule has 0 radical (unpaired) electrons. The van der Waals surface area contributed by atoms with Crippen LogP contribution in [0.2, 0.25) is 0 Å². The van der Waals surface area contributed by atoms with Crippen LogP contribution in [0, 0.1) is 13.8 Å². The molecule has 2 aromatic rings. The third kappa shape index (κ3) is 3.48. The minimum absolute atomic E-state index is 0.0355. The van der Waals surface area contributed by atoms with E-state index in [0.717, 1.165) is 12.0 Å². The molecule has 1 atom stereocenters. The number of aryl methyl sites for hydroxylation is 2. The van der Waals surface area contributed by atoms with Crippen molar-refractivity contribution in [3.8, 4) is 0 Å². The Balaban J connectivity index is 2.00. The smallest absolute Gasteiger partial charge is 0.239 e. The summed E-state index contributed by atoms with van der Waals surface area (Å²) in [5.74, 6) is 0.564. The van der Waals surface area contributed by atoms with Gasteiger partial charge >= 0.3 is 0 Å². The number of carbonyl (C=O) groups excluding carboxylic acids is 1. The number of amides is 1. The third-order valence-electron chi connectivity index (χ3n) is 4.28. The molecule has 4 heteroatoms. The van der Waals surface area contributed by atoms with E-state index in [4.69, 9.17) is 12.2 Å². The fraction of sp³-hybridized carbons (Fsp3) is 0.263. The van der Waals surface area contributed by atoms with Crippen molar-refractivity contribution >= 4 is 34.2 Å². The predicted octanol–water partition coefficient (Wildman–Crippen LogP) is 4.45. The van der Waals surface area contributed by atoms with Gasteiger partial charge in [-0.2, -0.15) is 0 Å². The van der Waals surface area contributed by atoms with E-state index < -0.39 is 0 Å². The fourth-order valence-corrected chi connectivity index (χ4v) is 3.99. The molecule has 0 aliphatic carbocycles. The van der Waals surface area contributed by atoms with E-state index in [0.29, 0.717) is 10.1 Å². The highest BCUT2D eigenvalue weighted by atomic mass is 32.2. The van der Waals surface area contributed by atoms with Crippen molar-refractivity contribution in [3.05, 3.63) is 70.8 Å². The average Bonchev–Trinajstić information content (AvgIpc) is 2.88. The first-order valence-electron chi connectivity index (χ1n) is 7.66. The van der Waals surface area contributed by atoms with E-state index in [2.05, 4.69) is 44.2 Å². The Labute approximate surface area is 146 Å². The Hall–Kier alpha value is -1.65. The summed E-state index contributed by atoms with van der Waals surface area (Å²) in [4.78, 5) is 14.2. The highest BCUT2D eigenvalue weighted by Crippen LogP contribution is 2.33. The van der Waals surface area contributed by atoms with Gasteiger partial charge in [0.05, 0.1) is 11.8 Å². The molecule has 0 aromatic heterocycles. The van der Waals surface area contributed by atoms with Crippen molar-refractivity contribution in [2.24, 2.45) is 0 Å². The van der Waals surface area contributed by atoms with E-state index in [9.17, 15) is 4.79 Å². The van der Waals surface area contributed by atoms with Crippen molar-refractivity contribution in [3.63, 3.8) is 0 Å². The van der Waals surface area contributed by atoms with Gasteiger partial charge in [-0.05, 0) is 42.5 Å². The number of carbonyl (C=O) groups is 1. The topological polar surface area (TPSA) is 20.3 Å². The standard InChI is InChI=1S/C19H19NOS2/c1-13-8-9-16(10-14(13)2)17(11-15-6-4-3-5-7-15)20-18(21)12-23-19(20)22/h3-10,17H,11-12H2,1-2H3. The van der Waals surface area contributed by atoms with Gasteiger partial charge in [-0.25, -0.2) is 0 Å². The third-order valence-corrected chi connectivity index (χ3v) is 5.67. The molecule has 0 N–H and O–H groups in total. The van der Waals surface area contributed by atoms with E-state index in [-0.39, 0.29) is 11.9 Å². The highest BCUT2D eigenvalue weighted by molar-refractivity contribution is 8.23. The summed E-state index contributed by atoms with van der Waals surface area (Å²) in [7, 11) is 0. The van der Waals surface area contributed by atoms with Crippen LogP contribution in [0.4, 0.5) is 0 Å². The normalized spacial score (nSPS) is 16.0. The minimum Gasteiger partial charge on any atom is -0.289 e. The summed E-state index contributed by atoms with van der Waals surface area (Å²) >= 11 is 6.90. The molecule has 1 aliphatic rings. The summed E-state index contributed by atoms with van der Waals surface area (Å²) in [6, 6.07) is 16.7. The van der Waals surface area contributed by atoms with Gasteiger partial charge in [0.2, 0.25) is 5.91 Å². The van der Waals surface area contributed by atoms with Crippen molar-refractivity contribution in [1.82, 2.24) is 4.90 Å². The molecule has 1 heterocycles. The van der Waals surface area contributed by atoms with Crippen LogP contribution in [0.5, 0.6) is 0 Å². The molecule has 0 saturated carbocycles. The second-order valence-corrected chi connectivity index (χ2v) is 7.48. The maximum atomic E-state index is 12.4. The molecule has 2 aromatic carbocycles. The summed E-state index contributed by atoms with van der Waals surface area (Å²) in [5, 5.41) is 0. The number of hydrogen-bond donors (Lipinski definition) is 0. The van der Waals surface area contributed by atoms with Gasteiger partial charge in [-0.15, -0.1) is 0 Å². The van der Waals surface area contributed by atoms with Crippen LogP contribution >= 0.6 is 24.0 Å². The quantitative estimate of drug-likeness (QED) is 0.767. The lowest BCUT2D eigenvalue weighted by atomic mass is 9.95. The SMILES string of the molecule is Cc1ccc(C(Cc2ccccc2)N2C(=O)CSC2=S)cc1C. The molecule has 1 aliphatic heterocycles. The van der Waals surface area contributed by atoms with Crippen LogP contribution < -0.4 is 0 Å². The Bertz CT molecular complexity index is 726. The first kappa shape index (κ1) is 16.2. The predicted molar refractivity (Wildman–Crippen MR) is 101 cm³/mol. The summed E-state index contributed by atoms with van der Waals surface area (Å²) in [6.45, 7) is 4.21. The largest absolute Gasteiger partial charge is 0.289 e. The summed E-state index contributed by atoms with van der Waals surface area (Å²) < 4.78 is 0.689. The number of thioether (sulfide) groups is 1. The maximum absolute atomic E-state index is 12.4. The van der Waals surface area contributed by atoms with Gasteiger partial charge in [0, 0.05) is 0 Å². The van der Waals surface area contributed by atoms with Crippen LogP contribution in [-0.2, 0) is 11.2 Å². The molecule has 1 saturated heterocycles. The Kier molecular flexibility index (Phi) is 4.83. The first-order valence-corrected chi connectivity index (χ1v) is 9.05. The van der Waals surface area contributed by atoms with E-state index in [1.165, 1.54) is 28.5 Å². The molecule has 1 fully saturated rings. The Morgan fingerprint density at radius 2 is 1.87 bits per heavy atom. The molecule has 1 unspecified atom stereocenters. The molecule has 0 spiro atoms. The van der Waals surface area contributed by atoms with E-state index >= 15 is 0 Å². The molecule has 23 heavy (non-hydrogen) atoms. The monoisotopic (exact) mass is 341 g/mol. The maximum Gasteiger partial charge on any atom is 0.239 e. The molecule has 118 valence electrons. The van der Waals surface area contributed by atoms with Crippen molar-refractivity contribution in [1.29, 1.82) is 0 Å². The van der Waals surface area contributed by atoms with Crippen molar-refractivity contribution in [2.45, 2.75) is 26.3 Å². The molecular formula is C19H19NOS2. The van der Waals surface area contributed by atoms with Gasteiger partial charge in [-0.3, -0.25) is 9.69 Å². The van der Waals surface area contributed by atoms with Gasteiger partial charge in [0.25, 0.3) is 0 Å². The van der Waals surface area contributed by atoms with Crippen LogP contribution in [-0.4, -0.2) is 20.9 Å². The van der Waals surface area contributed by atoms with Crippen LogP contribution in [0.15, 0.2) is 48.5 Å². The van der Waals surface area contributed by atoms with Crippen molar-refractivity contribution < 1.29 is 4.79 Å². The molecule has 3 rings (SSSR count). The lowest BCUT2D eigenvalue weighted by Gasteiger charge is -2.28. The second kappa shape index (κ2) is 6.85. The van der Waals surface area contributed by atoms with Crippen LogP contribution in [0.1, 0.15) is 28.3 Å². The molecule has 2 nitrogen and oxygen atoms in total. The highest BCUT2D eigenvalue weighted by Gasteiger charge is 2.34. The summed E-state index contributed by atoms with van der Waals surface area (Å²) in [5.41, 5.74) is 4.86. The fourth-order valence-electron chi connectivity index (χ4n) is 2.83. The lowest BCUT2D eigenvalue weighted by molar-refractivity contribution is -0.125. The number of hydrogen-bond acceptors (Lipinski definition) is 3. The second-order valence-electron chi connectivity index (χ2n) is 5.87. The van der Waals surface area contributed by atoms with Crippen LogP contribution in [0.25, 0.3) is 0 Å². The Morgan fingerprint density at radius 3 is 2.48 bits per heavy atom. The number of nitrogens with zero attached hydrogens (tertiary/aromatic N) is 1. The lowest BCUT2D eigenvalue weighted by Crippen LogP contribution is -2.34. The zero-order valence-corrected chi connectivity index (χ0v) is 14.9. The zero-order valence-electron chi connectivity index (χ0n) is 13.3. The van der Waals surface area contributed by atoms with E-state index in [1.807, 2.05) is 18.2 Å². The first-order chi connectivity index (χ1) is 11.1. The van der Waals surface area contributed by atoms with Crippen LogP contribution in [0.3, 0.4) is 0 Å². The average molecular weight is 342 g/mol. The van der Waals surface area contributed by atoms with Gasteiger partial charge in [-0.1, -0.05) is 72.5 Å². The van der Waals surface area contributed by atoms with Crippen molar-refractivity contribution in [2.75, 3.05) is 5.75 Å².